The monoisotopic (exact) mass is 537 g/mol. The van der Waals surface area contributed by atoms with Crippen molar-refractivity contribution in [1.29, 1.82) is 0 Å². The Labute approximate surface area is 214 Å². The summed E-state index contributed by atoms with van der Waals surface area (Å²) in [5.41, 5.74) is -0.861. The van der Waals surface area contributed by atoms with E-state index in [0.717, 1.165) is 11.8 Å². The molecule has 2 aromatic carbocycles. The molecule has 0 bridgehead atoms. The number of sulfonamides is 1. The molecule has 1 aliphatic heterocycles. The van der Waals surface area contributed by atoms with Gasteiger partial charge in [-0.1, -0.05) is 54.1 Å². The fourth-order valence-electron chi connectivity index (χ4n) is 4.10. The van der Waals surface area contributed by atoms with Gasteiger partial charge in [-0.25, -0.2) is 13.2 Å². The smallest absolute Gasteiger partial charge is 0.340 e. The number of hydrogen-bond donors (Lipinski definition) is 3. The molecule has 0 saturated carbocycles. The number of aliphatic carboxylic acids is 1. The Bertz CT molecular complexity index is 1250. The van der Waals surface area contributed by atoms with Crippen LogP contribution in [0.15, 0.2) is 48.5 Å². The van der Waals surface area contributed by atoms with Gasteiger partial charge in [-0.3, -0.25) is 9.59 Å². The first kappa shape index (κ1) is 27.6. The zero-order valence-electron chi connectivity index (χ0n) is 19.8. The Morgan fingerprint density at radius 2 is 1.69 bits per heavy atom. The highest BCUT2D eigenvalue weighted by atomic mass is 35.5. The zero-order valence-corrected chi connectivity index (χ0v) is 21.4. The van der Waals surface area contributed by atoms with Crippen LogP contribution in [0, 0.1) is 0 Å². The van der Waals surface area contributed by atoms with Gasteiger partial charge >= 0.3 is 17.8 Å². The zero-order chi connectivity index (χ0) is 26.7. The van der Waals surface area contributed by atoms with Crippen LogP contribution in [0.4, 0.5) is 0 Å². The van der Waals surface area contributed by atoms with Crippen LogP contribution in [0.5, 0.6) is 0 Å². The number of carboxylic acid groups (broad SMARTS) is 1. The van der Waals surface area contributed by atoms with Crippen molar-refractivity contribution < 1.29 is 33.0 Å². The predicted octanol–water partition coefficient (Wildman–Crippen LogP) is 1.28. The van der Waals surface area contributed by atoms with Crippen LogP contribution < -0.4 is 5.32 Å². The summed E-state index contributed by atoms with van der Waals surface area (Å²) in [6.07, 6.45) is 0.648. The second-order valence-corrected chi connectivity index (χ2v) is 11.1. The molecule has 0 aliphatic carbocycles. The number of carboxylic acids is 1. The number of hydrogen-bond acceptors (Lipinski definition) is 6. The molecule has 1 saturated heterocycles. The quantitative estimate of drug-likeness (QED) is 0.451. The third-order valence-electron chi connectivity index (χ3n) is 6.05. The van der Waals surface area contributed by atoms with Crippen molar-refractivity contribution in [2.75, 3.05) is 32.4 Å². The van der Waals surface area contributed by atoms with E-state index < -0.39 is 45.9 Å². The van der Waals surface area contributed by atoms with E-state index in [1.165, 1.54) is 28.3 Å². The topological polar surface area (TPSA) is 144 Å². The van der Waals surface area contributed by atoms with Crippen molar-refractivity contribution in [3.05, 3.63) is 59.1 Å². The standard InChI is InChI=1S/C24H28ClN3O7S/c1-16(26-21(29)22(30)27-10-12-28(13-11-27)36(2,34)35)15-24(33,23(31)32)18-8-9-19(20(25)14-18)17-6-4-3-5-7-17/h3-9,14,16,33H,10-13,15H2,1-2H3,(H,26,29)(H,31,32). The van der Waals surface area contributed by atoms with Crippen LogP contribution in [-0.4, -0.2) is 84.1 Å². The number of benzene rings is 2. The molecule has 0 spiro atoms. The van der Waals surface area contributed by atoms with Gasteiger partial charge in [0, 0.05) is 49.2 Å². The molecule has 1 heterocycles. The summed E-state index contributed by atoms with van der Waals surface area (Å²) in [5.74, 6) is -3.36. The van der Waals surface area contributed by atoms with Gasteiger partial charge in [0.05, 0.1) is 6.26 Å². The van der Waals surface area contributed by atoms with E-state index in [1.54, 1.807) is 6.07 Å². The number of piperazine rings is 1. The van der Waals surface area contributed by atoms with Crippen molar-refractivity contribution >= 4 is 39.4 Å². The van der Waals surface area contributed by atoms with E-state index in [9.17, 15) is 33.0 Å². The molecule has 10 nitrogen and oxygen atoms in total. The Balaban J connectivity index is 1.68. The Hall–Kier alpha value is -2.99. The summed E-state index contributed by atoms with van der Waals surface area (Å²) in [7, 11) is -3.39. The highest BCUT2D eigenvalue weighted by Crippen LogP contribution is 2.34. The van der Waals surface area contributed by atoms with Crippen molar-refractivity contribution in [3.63, 3.8) is 0 Å². The van der Waals surface area contributed by atoms with E-state index in [1.807, 2.05) is 30.3 Å². The first-order chi connectivity index (χ1) is 16.8. The summed E-state index contributed by atoms with van der Waals surface area (Å²) in [4.78, 5) is 38.3. The third-order valence-corrected chi connectivity index (χ3v) is 7.67. The van der Waals surface area contributed by atoms with E-state index >= 15 is 0 Å². The Morgan fingerprint density at radius 3 is 2.22 bits per heavy atom. The number of halogens is 1. The van der Waals surface area contributed by atoms with E-state index in [-0.39, 0.29) is 36.8 Å². The minimum Gasteiger partial charge on any atom is -0.479 e. The second kappa shape index (κ2) is 11.0. The van der Waals surface area contributed by atoms with Gasteiger partial charge in [-0.15, -0.1) is 0 Å². The van der Waals surface area contributed by atoms with Gasteiger partial charge in [0.25, 0.3) is 0 Å². The molecule has 3 rings (SSSR count). The van der Waals surface area contributed by atoms with Gasteiger partial charge in [0.1, 0.15) is 0 Å². The van der Waals surface area contributed by atoms with Crippen molar-refractivity contribution in [2.24, 2.45) is 0 Å². The molecular formula is C24H28ClN3O7S. The molecule has 2 unspecified atom stereocenters. The molecule has 36 heavy (non-hydrogen) atoms. The van der Waals surface area contributed by atoms with E-state index in [0.29, 0.717) is 5.56 Å². The van der Waals surface area contributed by atoms with E-state index in [4.69, 9.17) is 11.6 Å². The average molecular weight is 538 g/mol. The van der Waals surface area contributed by atoms with Crippen LogP contribution in [0.3, 0.4) is 0 Å². The normalized spacial score (nSPS) is 17.2. The number of carbonyl (C=O) groups excluding carboxylic acids is 2. The van der Waals surface area contributed by atoms with Crippen LogP contribution >= 0.6 is 11.6 Å². The minimum absolute atomic E-state index is 0.0315. The summed E-state index contributed by atoms with van der Waals surface area (Å²) >= 11 is 6.40. The molecule has 2 aromatic rings. The number of nitrogens with one attached hydrogen (secondary N) is 1. The molecule has 0 aromatic heterocycles. The van der Waals surface area contributed by atoms with Gasteiger partial charge in [0.2, 0.25) is 10.0 Å². The van der Waals surface area contributed by atoms with Crippen LogP contribution in [0.2, 0.25) is 5.02 Å². The fraction of sp³-hybridized carbons (Fsp3) is 0.375. The van der Waals surface area contributed by atoms with Crippen molar-refractivity contribution in [2.45, 2.75) is 25.0 Å². The number of nitrogens with zero attached hydrogens (tertiary/aromatic N) is 2. The lowest BCUT2D eigenvalue weighted by atomic mass is 9.86. The number of carbonyl (C=O) groups is 3. The van der Waals surface area contributed by atoms with Gasteiger partial charge in [-0.2, -0.15) is 4.31 Å². The maximum absolute atomic E-state index is 12.5. The predicted molar refractivity (Wildman–Crippen MR) is 134 cm³/mol. The maximum atomic E-state index is 12.5. The molecule has 1 fully saturated rings. The number of aliphatic hydroxyl groups is 1. The molecule has 2 amide bonds. The summed E-state index contributed by atoms with van der Waals surface area (Å²) in [6.45, 7) is 1.73. The highest BCUT2D eigenvalue weighted by molar-refractivity contribution is 7.88. The Morgan fingerprint density at radius 1 is 1.08 bits per heavy atom. The minimum atomic E-state index is -3.39. The summed E-state index contributed by atoms with van der Waals surface area (Å²) < 4.78 is 24.5. The number of amides is 2. The molecule has 194 valence electrons. The molecular weight excluding hydrogens is 510 g/mol. The highest BCUT2D eigenvalue weighted by Gasteiger charge is 2.41. The summed E-state index contributed by atoms with van der Waals surface area (Å²) in [5, 5.41) is 23.6. The van der Waals surface area contributed by atoms with Crippen molar-refractivity contribution in [3.8, 4) is 11.1 Å². The van der Waals surface area contributed by atoms with Crippen LogP contribution in [-0.2, 0) is 30.0 Å². The van der Waals surface area contributed by atoms with Gasteiger partial charge < -0.3 is 20.4 Å². The Kier molecular flexibility index (Phi) is 8.40. The first-order valence-electron chi connectivity index (χ1n) is 11.2. The van der Waals surface area contributed by atoms with Crippen LogP contribution in [0.25, 0.3) is 11.1 Å². The molecule has 0 radical (unpaired) electrons. The van der Waals surface area contributed by atoms with Gasteiger partial charge in [0.15, 0.2) is 5.60 Å². The molecule has 3 N–H and O–H groups in total. The van der Waals surface area contributed by atoms with E-state index in [2.05, 4.69) is 5.32 Å². The lowest BCUT2D eigenvalue weighted by molar-refractivity contribution is -0.161. The average Bonchev–Trinajstić information content (AvgIpc) is 2.83. The third kappa shape index (κ3) is 6.22. The molecule has 12 heteroatoms. The SMILES string of the molecule is CC(CC(O)(C(=O)O)c1ccc(-c2ccccc2)c(Cl)c1)NC(=O)C(=O)N1CCN(S(C)(=O)=O)CC1. The summed E-state index contributed by atoms with van der Waals surface area (Å²) in [6, 6.07) is 12.8. The first-order valence-corrected chi connectivity index (χ1v) is 13.4. The lowest BCUT2D eigenvalue weighted by Crippen LogP contribution is -2.55. The second-order valence-electron chi connectivity index (χ2n) is 8.76. The largest absolute Gasteiger partial charge is 0.479 e. The van der Waals surface area contributed by atoms with Gasteiger partial charge in [-0.05, 0) is 24.1 Å². The maximum Gasteiger partial charge on any atom is 0.340 e. The van der Waals surface area contributed by atoms with Crippen LogP contribution in [0.1, 0.15) is 18.9 Å². The number of rotatable bonds is 7. The molecule has 1 aliphatic rings. The van der Waals surface area contributed by atoms with Crippen molar-refractivity contribution in [1.82, 2.24) is 14.5 Å². The molecule has 2 atom stereocenters. The lowest BCUT2D eigenvalue weighted by Gasteiger charge is -2.33. The fourth-order valence-corrected chi connectivity index (χ4v) is 5.22.